The molecular weight excluding hydrogens is 352 g/mol. The average molecular weight is 374 g/mol. The largest absolute Gasteiger partial charge is 0.394 e. The van der Waals surface area contributed by atoms with E-state index in [0.29, 0.717) is 5.06 Å². The minimum atomic E-state index is -0.875. The van der Waals surface area contributed by atoms with E-state index >= 15 is 0 Å². The summed E-state index contributed by atoms with van der Waals surface area (Å²) >= 11 is 0. The lowest BCUT2D eigenvalue weighted by Crippen LogP contribution is -2.34. The summed E-state index contributed by atoms with van der Waals surface area (Å²) in [6.07, 6.45) is -0.533. The van der Waals surface area contributed by atoms with Crippen LogP contribution in [0.15, 0.2) is 0 Å². The van der Waals surface area contributed by atoms with Gasteiger partial charge in [-0.25, -0.2) is 4.79 Å². The van der Waals surface area contributed by atoms with Crippen LogP contribution in [-0.4, -0.2) is 79.2 Å². The average Bonchev–Trinajstić information content (AvgIpc) is 2.93. The number of ether oxygens (including phenoxy) is 2. The van der Waals surface area contributed by atoms with Gasteiger partial charge in [0.2, 0.25) is 5.91 Å². The number of carbonyl (C=O) groups is 5. The number of aliphatic hydroxyl groups is 1. The summed E-state index contributed by atoms with van der Waals surface area (Å²) in [5, 5.41) is 11.2. The standard InChI is InChI=1S/C15H22N2O9/c18-5-6-24-7-8-25-10-12(20)16-9-11(19)1-4-15(23)26-17-13(21)2-3-14(17)22/h18H,1-10H2,(H,16,20). The van der Waals surface area contributed by atoms with E-state index in [1.54, 1.807) is 0 Å². The van der Waals surface area contributed by atoms with E-state index in [2.05, 4.69) is 10.2 Å². The second-order valence-electron chi connectivity index (χ2n) is 5.25. The van der Waals surface area contributed by atoms with Gasteiger partial charge in [0.25, 0.3) is 11.8 Å². The molecule has 1 aliphatic rings. The molecule has 2 N–H and O–H groups in total. The molecule has 1 rings (SSSR count). The maximum absolute atomic E-state index is 11.6. The van der Waals surface area contributed by atoms with Crippen LogP contribution in [0.1, 0.15) is 25.7 Å². The minimum Gasteiger partial charge on any atom is -0.394 e. The monoisotopic (exact) mass is 374 g/mol. The number of hydrogen-bond acceptors (Lipinski definition) is 9. The lowest BCUT2D eigenvalue weighted by atomic mass is 10.2. The molecule has 26 heavy (non-hydrogen) atoms. The van der Waals surface area contributed by atoms with E-state index in [9.17, 15) is 24.0 Å². The summed E-state index contributed by atoms with van der Waals surface area (Å²) in [5.41, 5.74) is 0. The molecule has 0 spiro atoms. The first kappa shape index (κ1) is 21.7. The number of nitrogens with zero attached hydrogens (tertiary/aromatic N) is 1. The first-order chi connectivity index (χ1) is 12.4. The van der Waals surface area contributed by atoms with Crippen molar-refractivity contribution < 1.29 is 43.4 Å². The van der Waals surface area contributed by atoms with Gasteiger partial charge in [0.05, 0.1) is 39.4 Å². The molecule has 0 aromatic heterocycles. The number of Topliss-reactive ketones (excluding diaryl/α,β-unsaturated/α-hetero) is 1. The van der Waals surface area contributed by atoms with Gasteiger partial charge in [-0.05, 0) is 0 Å². The summed E-state index contributed by atoms with van der Waals surface area (Å²) in [7, 11) is 0. The Balaban J connectivity index is 2.08. The summed E-state index contributed by atoms with van der Waals surface area (Å²) in [5.74, 6) is -2.98. The smallest absolute Gasteiger partial charge is 0.333 e. The Labute approximate surface area is 149 Å². The quantitative estimate of drug-likeness (QED) is 0.278. The Morgan fingerprint density at radius 1 is 1.00 bits per heavy atom. The SMILES string of the molecule is O=C(CCC(=O)ON1C(=O)CCC1=O)CNC(=O)COCCOCCO. The number of aliphatic hydroxyl groups excluding tert-OH is 1. The van der Waals surface area contributed by atoms with Crippen molar-refractivity contribution in [3.05, 3.63) is 0 Å². The van der Waals surface area contributed by atoms with E-state index in [0.717, 1.165) is 0 Å². The molecule has 1 saturated heterocycles. The van der Waals surface area contributed by atoms with Crippen LogP contribution < -0.4 is 5.32 Å². The molecule has 0 aromatic rings. The molecule has 0 saturated carbocycles. The number of amides is 3. The zero-order valence-corrected chi connectivity index (χ0v) is 14.2. The molecule has 0 aliphatic carbocycles. The molecule has 0 atom stereocenters. The molecule has 0 unspecified atom stereocenters. The van der Waals surface area contributed by atoms with Crippen molar-refractivity contribution in [2.75, 3.05) is 39.6 Å². The van der Waals surface area contributed by atoms with Gasteiger partial charge in [0.1, 0.15) is 6.61 Å². The van der Waals surface area contributed by atoms with Gasteiger partial charge in [0, 0.05) is 19.3 Å². The zero-order chi connectivity index (χ0) is 19.4. The predicted molar refractivity (Wildman–Crippen MR) is 83.2 cm³/mol. The van der Waals surface area contributed by atoms with Crippen LogP contribution in [0.2, 0.25) is 0 Å². The number of ketones is 1. The van der Waals surface area contributed by atoms with Crippen molar-refractivity contribution in [3.63, 3.8) is 0 Å². The van der Waals surface area contributed by atoms with Crippen molar-refractivity contribution in [2.24, 2.45) is 0 Å². The summed E-state index contributed by atoms with van der Waals surface area (Å²) < 4.78 is 9.92. The van der Waals surface area contributed by atoms with Gasteiger partial charge in [0.15, 0.2) is 5.78 Å². The van der Waals surface area contributed by atoms with Gasteiger partial charge in [-0.3, -0.25) is 19.2 Å². The highest BCUT2D eigenvalue weighted by Gasteiger charge is 2.32. The molecule has 11 heteroatoms. The number of imide groups is 1. The molecular formula is C15H22N2O9. The van der Waals surface area contributed by atoms with Crippen molar-refractivity contribution in [3.8, 4) is 0 Å². The lowest BCUT2D eigenvalue weighted by Gasteiger charge is -2.12. The first-order valence-electron chi connectivity index (χ1n) is 8.05. The van der Waals surface area contributed by atoms with Crippen molar-refractivity contribution >= 4 is 29.5 Å². The third-order valence-electron chi connectivity index (χ3n) is 3.13. The maximum Gasteiger partial charge on any atom is 0.333 e. The number of hydroxylamine groups is 2. The van der Waals surface area contributed by atoms with Crippen molar-refractivity contribution in [2.45, 2.75) is 25.7 Å². The third-order valence-corrected chi connectivity index (χ3v) is 3.13. The molecule has 3 amide bonds. The fourth-order valence-corrected chi connectivity index (χ4v) is 1.83. The third kappa shape index (κ3) is 8.65. The highest BCUT2D eigenvalue weighted by molar-refractivity contribution is 6.01. The van der Waals surface area contributed by atoms with Crippen LogP contribution in [0.3, 0.4) is 0 Å². The molecule has 146 valence electrons. The van der Waals surface area contributed by atoms with Crippen LogP contribution >= 0.6 is 0 Å². The number of hydrogen-bond donors (Lipinski definition) is 2. The number of carbonyl (C=O) groups excluding carboxylic acids is 5. The molecule has 11 nitrogen and oxygen atoms in total. The molecule has 1 fully saturated rings. The van der Waals surface area contributed by atoms with Gasteiger partial charge < -0.3 is 24.7 Å². The van der Waals surface area contributed by atoms with Gasteiger partial charge >= 0.3 is 5.97 Å². The van der Waals surface area contributed by atoms with E-state index in [-0.39, 0.29) is 65.3 Å². The maximum atomic E-state index is 11.6. The Bertz CT molecular complexity index is 519. The van der Waals surface area contributed by atoms with Crippen LogP contribution in [-0.2, 0) is 38.3 Å². The second kappa shape index (κ2) is 12.1. The summed E-state index contributed by atoms with van der Waals surface area (Å²) in [6, 6.07) is 0. The molecule has 0 aromatic carbocycles. The molecule has 0 bridgehead atoms. The van der Waals surface area contributed by atoms with Crippen LogP contribution in [0.5, 0.6) is 0 Å². The van der Waals surface area contributed by atoms with Crippen LogP contribution in [0, 0.1) is 0 Å². The minimum absolute atomic E-state index is 0.00724. The molecule has 1 heterocycles. The van der Waals surface area contributed by atoms with E-state index < -0.39 is 29.5 Å². The number of rotatable bonds is 13. The predicted octanol–water partition coefficient (Wildman–Crippen LogP) is -1.92. The summed E-state index contributed by atoms with van der Waals surface area (Å²) in [6.45, 7) is -0.0412. The second-order valence-corrected chi connectivity index (χ2v) is 5.25. The van der Waals surface area contributed by atoms with Crippen molar-refractivity contribution in [1.82, 2.24) is 10.4 Å². The molecule has 1 aliphatic heterocycles. The normalized spacial score (nSPS) is 13.8. The molecule has 0 radical (unpaired) electrons. The fourth-order valence-electron chi connectivity index (χ4n) is 1.83. The topological polar surface area (TPSA) is 149 Å². The summed E-state index contributed by atoms with van der Waals surface area (Å²) in [4.78, 5) is 61.7. The highest BCUT2D eigenvalue weighted by atomic mass is 16.7. The van der Waals surface area contributed by atoms with Gasteiger partial charge in [-0.1, -0.05) is 0 Å². The lowest BCUT2D eigenvalue weighted by molar-refractivity contribution is -0.197. The van der Waals surface area contributed by atoms with Gasteiger partial charge in [-0.15, -0.1) is 5.06 Å². The van der Waals surface area contributed by atoms with Crippen LogP contribution in [0.25, 0.3) is 0 Å². The van der Waals surface area contributed by atoms with Gasteiger partial charge in [-0.2, -0.15) is 0 Å². The highest BCUT2D eigenvalue weighted by Crippen LogP contribution is 2.12. The zero-order valence-electron chi connectivity index (χ0n) is 14.2. The Kier molecular flexibility index (Phi) is 10.1. The van der Waals surface area contributed by atoms with Crippen LogP contribution in [0.4, 0.5) is 0 Å². The van der Waals surface area contributed by atoms with E-state index in [1.807, 2.05) is 0 Å². The van der Waals surface area contributed by atoms with E-state index in [4.69, 9.17) is 14.6 Å². The Hall–Kier alpha value is -2.37. The van der Waals surface area contributed by atoms with Crippen molar-refractivity contribution in [1.29, 1.82) is 0 Å². The Morgan fingerprint density at radius 3 is 2.31 bits per heavy atom. The van der Waals surface area contributed by atoms with E-state index in [1.165, 1.54) is 0 Å². The first-order valence-corrected chi connectivity index (χ1v) is 8.05. The fraction of sp³-hybridized carbons (Fsp3) is 0.667. The Morgan fingerprint density at radius 2 is 1.65 bits per heavy atom. The number of nitrogens with one attached hydrogen (secondary N) is 1.